The van der Waals surface area contributed by atoms with Gasteiger partial charge in [0.2, 0.25) is 0 Å². The van der Waals surface area contributed by atoms with Crippen LogP contribution in [0, 0.1) is 3.57 Å². The first kappa shape index (κ1) is 18.2. The quantitative estimate of drug-likeness (QED) is 0.627. The van der Waals surface area contributed by atoms with Crippen LogP contribution in [0.25, 0.3) is 0 Å². The topological polar surface area (TPSA) is 66.9 Å². The lowest BCUT2D eigenvalue weighted by atomic mass is 10.2. The third-order valence-corrected chi connectivity index (χ3v) is 6.40. The normalized spacial score (nSPS) is 17.0. The van der Waals surface area contributed by atoms with E-state index in [0.29, 0.717) is 5.75 Å². The summed E-state index contributed by atoms with van der Waals surface area (Å²) >= 11 is 2.17. The second-order valence-corrected chi connectivity index (χ2v) is 8.75. The van der Waals surface area contributed by atoms with Gasteiger partial charge < -0.3 is 4.74 Å². The third-order valence-electron chi connectivity index (χ3n) is 3.93. The first-order chi connectivity index (χ1) is 11.9. The average Bonchev–Trinajstić information content (AvgIpc) is 2.79. The van der Waals surface area contributed by atoms with Crippen LogP contribution in [0.2, 0.25) is 0 Å². The Morgan fingerprint density at radius 2 is 1.80 bits per heavy atom. The summed E-state index contributed by atoms with van der Waals surface area (Å²) in [6.07, 6.45) is 0. The molecule has 25 heavy (non-hydrogen) atoms. The SMILES string of the molecule is COc1ccc(CN2C(=O)CN(Cc3cccc(I)c3)S2(=O)=O)cc1. The molecule has 0 unspecified atom stereocenters. The van der Waals surface area contributed by atoms with Gasteiger partial charge in [-0.1, -0.05) is 24.3 Å². The number of amides is 1. The summed E-state index contributed by atoms with van der Waals surface area (Å²) in [6.45, 7) is 0.0714. The minimum Gasteiger partial charge on any atom is -0.497 e. The zero-order valence-corrected chi connectivity index (χ0v) is 16.5. The minimum atomic E-state index is -3.82. The molecule has 0 radical (unpaired) electrons. The molecule has 1 amide bonds. The van der Waals surface area contributed by atoms with Crippen LogP contribution in [-0.4, -0.2) is 36.6 Å². The molecule has 0 spiro atoms. The molecule has 0 aliphatic carbocycles. The molecule has 3 rings (SSSR count). The maximum absolute atomic E-state index is 12.7. The van der Waals surface area contributed by atoms with E-state index in [1.807, 2.05) is 24.3 Å². The number of halogens is 1. The lowest BCUT2D eigenvalue weighted by Crippen LogP contribution is -2.33. The van der Waals surface area contributed by atoms with Crippen LogP contribution in [0.3, 0.4) is 0 Å². The van der Waals surface area contributed by atoms with Gasteiger partial charge in [0.1, 0.15) is 5.75 Å². The highest BCUT2D eigenvalue weighted by Crippen LogP contribution is 2.24. The largest absolute Gasteiger partial charge is 0.497 e. The van der Waals surface area contributed by atoms with E-state index in [2.05, 4.69) is 22.6 Å². The molecule has 0 bridgehead atoms. The van der Waals surface area contributed by atoms with Crippen molar-refractivity contribution in [3.05, 3.63) is 63.2 Å². The van der Waals surface area contributed by atoms with Crippen molar-refractivity contribution in [1.29, 1.82) is 0 Å². The Kier molecular flexibility index (Phi) is 5.30. The zero-order valence-electron chi connectivity index (χ0n) is 13.6. The highest BCUT2D eigenvalue weighted by atomic mass is 127. The van der Waals surface area contributed by atoms with E-state index in [-0.39, 0.29) is 19.6 Å². The van der Waals surface area contributed by atoms with Gasteiger partial charge in [-0.15, -0.1) is 0 Å². The Morgan fingerprint density at radius 3 is 2.44 bits per heavy atom. The average molecular weight is 472 g/mol. The summed E-state index contributed by atoms with van der Waals surface area (Å²) in [6, 6.07) is 14.6. The van der Waals surface area contributed by atoms with Gasteiger partial charge in [-0.2, -0.15) is 12.7 Å². The highest BCUT2D eigenvalue weighted by Gasteiger charge is 2.42. The Balaban J connectivity index is 1.78. The van der Waals surface area contributed by atoms with Crippen LogP contribution >= 0.6 is 22.6 Å². The van der Waals surface area contributed by atoms with Gasteiger partial charge in [0.15, 0.2) is 0 Å². The first-order valence-electron chi connectivity index (χ1n) is 7.58. The predicted octanol–water partition coefficient (Wildman–Crippen LogP) is 2.39. The van der Waals surface area contributed by atoms with E-state index in [1.54, 1.807) is 31.4 Å². The van der Waals surface area contributed by atoms with Crippen molar-refractivity contribution in [2.75, 3.05) is 13.7 Å². The molecule has 8 heteroatoms. The van der Waals surface area contributed by atoms with Crippen molar-refractivity contribution in [1.82, 2.24) is 8.61 Å². The second-order valence-electron chi connectivity index (χ2n) is 5.65. The van der Waals surface area contributed by atoms with E-state index in [4.69, 9.17) is 4.74 Å². The number of carbonyl (C=O) groups excluding carboxylic acids is 1. The summed E-state index contributed by atoms with van der Waals surface area (Å²) in [5.74, 6) is 0.265. The maximum atomic E-state index is 12.7. The number of benzene rings is 2. The van der Waals surface area contributed by atoms with Crippen molar-refractivity contribution in [2.24, 2.45) is 0 Å². The van der Waals surface area contributed by atoms with Crippen molar-refractivity contribution >= 4 is 38.7 Å². The fourth-order valence-corrected chi connectivity index (χ4v) is 4.72. The predicted molar refractivity (Wildman–Crippen MR) is 102 cm³/mol. The number of hydrogen-bond donors (Lipinski definition) is 0. The van der Waals surface area contributed by atoms with Crippen molar-refractivity contribution < 1.29 is 17.9 Å². The van der Waals surface area contributed by atoms with Crippen LogP contribution in [0.4, 0.5) is 0 Å². The number of ether oxygens (including phenoxy) is 1. The fourth-order valence-electron chi connectivity index (χ4n) is 2.62. The molecule has 1 saturated heterocycles. The molecular formula is C17H17IN2O4S. The summed E-state index contributed by atoms with van der Waals surface area (Å²) < 4.78 is 33.7. The zero-order chi connectivity index (χ0) is 18.0. The van der Waals surface area contributed by atoms with Gasteiger partial charge >= 0.3 is 10.2 Å². The number of carbonyl (C=O) groups is 1. The third kappa shape index (κ3) is 3.96. The molecule has 2 aromatic carbocycles. The number of methoxy groups -OCH3 is 1. The molecule has 0 aromatic heterocycles. The Bertz CT molecular complexity index is 884. The van der Waals surface area contributed by atoms with Gasteiger partial charge in [-0.05, 0) is 58.0 Å². The van der Waals surface area contributed by atoms with E-state index < -0.39 is 16.1 Å². The molecule has 2 aromatic rings. The monoisotopic (exact) mass is 472 g/mol. The van der Waals surface area contributed by atoms with Crippen LogP contribution in [0.1, 0.15) is 11.1 Å². The molecule has 0 atom stereocenters. The van der Waals surface area contributed by atoms with Crippen molar-refractivity contribution in [3.8, 4) is 5.75 Å². The second kappa shape index (κ2) is 7.30. The van der Waals surface area contributed by atoms with E-state index in [1.165, 1.54) is 4.31 Å². The molecule has 0 N–H and O–H groups in total. The molecule has 1 aliphatic heterocycles. The Labute approximate surface area is 160 Å². The molecule has 1 fully saturated rings. The van der Waals surface area contributed by atoms with Crippen LogP contribution in [-0.2, 0) is 28.1 Å². The van der Waals surface area contributed by atoms with E-state index in [9.17, 15) is 13.2 Å². The molecular weight excluding hydrogens is 455 g/mol. The van der Waals surface area contributed by atoms with E-state index >= 15 is 0 Å². The molecule has 1 heterocycles. The smallest absolute Gasteiger partial charge is 0.307 e. The standard InChI is InChI=1S/C17H17IN2O4S/c1-24-16-7-5-13(6-8-16)11-20-17(21)12-19(25(20,22)23)10-14-3-2-4-15(18)9-14/h2-9H,10-12H2,1H3. The maximum Gasteiger partial charge on any atom is 0.307 e. The lowest BCUT2D eigenvalue weighted by molar-refractivity contribution is -0.125. The van der Waals surface area contributed by atoms with Crippen LogP contribution in [0.15, 0.2) is 48.5 Å². The molecule has 132 valence electrons. The molecule has 1 aliphatic rings. The van der Waals surface area contributed by atoms with Gasteiger partial charge in [0.25, 0.3) is 5.91 Å². The number of nitrogens with zero attached hydrogens (tertiary/aromatic N) is 2. The molecule has 0 saturated carbocycles. The Morgan fingerprint density at radius 1 is 1.08 bits per heavy atom. The Hall–Kier alpha value is -1.65. The summed E-state index contributed by atoms with van der Waals surface area (Å²) in [5.41, 5.74) is 1.59. The summed E-state index contributed by atoms with van der Waals surface area (Å²) in [4.78, 5) is 12.3. The summed E-state index contributed by atoms with van der Waals surface area (Å²) in [5, 5.41) is 0. The van der Waals surface area contributed by atoms with Gasteiger partial charge in [0, 0.05) is 10.1 Å². The molecule has 6 nitrogen and oxygen atoms in total. The van der Waals surface area contributed by atoms with Gasteiger partial charge in [-0.3, -0.25) is 4.79 Å². The number of hydrogen-bond acceptors (Lipinski definition) is 4. The first-order valence-corrected chi connectivity index (χ1v) is 10.1. The minimum absolute atomic E-state index is 0.0218. The fraction of sp³-hybridized carbons (Fsp3) is 0.235. The summed E-state index contributed by atoms with van der Waals surface area (Å²) in [7, 11) is -2.26. The van der Waals surface area contributed by atoms with Crippen LogP contribution < -0.4 is 4.74 Å². The number of rotatable bonds is 5. The van der Waals surface area contributed by atoms with Crippen molar-refractivity contribution in [3.63, 3.8) is 0 Å². The van der Waals surface area contributed by atoms with Crippen LogP contribution in [0.5, 0.6) is 5.75 Å². The lowest BCUT2D eigenvalue weighted by Gasteiger charge is -2.18. The van der Waals surface area contributed by atoms with Gasteiger partial charge in [-0.25, -0.2) is 4.31 Å². The van der Waals surface area contributed by atoms with Gasteiger partial charge in [0.05, 0.1) is 20.2 Å². The highest BCUT2D eigenvalue weighted by molar-refractivity contribution is 14.1. The van der Waals surface area contributed by atoms with Crippen molar-refractivity contribution in [2.45, 2.75) is 13.1 Å². The van der Waals surface area contributed by atoms with E-state index in [0.717, 1.165) is 19.0 Å².